The second-order valence-electron chi connectivity index (χ2n) is 7.57. The van der Waals surface area contributed by atoms with E-state index in [0.29, 0.717) is 10.9 Å². The van der Waals surface area contributed by atoms with Gasteiger partial charge in [-0.25, -0.2) is 4.39 Å². The number of hydrogen-bond donors (Lipinski definition) is 1. The van der Waals surface area contributed by atoms with Crippen molar-refractivity contribution < 1.29 is 9.13 Å². The third-order valence-electron chi connectivity index (χ3n) is 5.71. The number of aromatic nitrogens is 2. The van der Waals surface area contributed by atoms with E-state index in [1.807, 2.05) is 70.3 Å². The first-order chi connectivity index (χ1) is 16.1. The topological polar surface area (TPSA) is 42.3 Å². The van der Waals surface area contributed by atoms with Crippen LogP contribution in [0.3, 0.4) is 0 Å². The maximum absolute atomic E-state index is 13.8. The second-order valence-corrected chi connectivity index (χ2v) is 8.36. The fourth-order valence-corrected chi connectivity index (χ4v) is 4.76. The van der Waals surface area contributed by atoms with Gasteiger partial charge in [0, 0.05) is 23.8 Å². The number of rotatable bonds is 5. The van der Waals surface area contributed by atoms with E-state index < -0.39 is 5.82 Å². The molecule has 0 bridgehead atoms. The fraction of sp³-hybridized carbons (Fsp3) is 0.120. The molecule has 1 aliphatic rings. The number of nitrogens with zero attached hydrogens (tertiary/aromatic N) is 3. The third kappa shape index (κ3) is 3.83. The standard InChI is InChI=1S/C25H20ClFN4OS/c1-32-22-10-3-2-8-20(22)31-24(23(29-25(31)33)19-7-4-5-13-28-19)21-9-6-14-30(21)16-11-12-18(27)17(26)15-16/h2-15,23-24H,1H3,(H,29,33)/t23-,24+/m1/s1. The van der Waals surface area contributed by atoms with Gasteiger partial charge in [-0.1, -0.05) is 29.8 Å². The SMILES string of the molecule is COc1ccccc1N1C(=S)N[C@H](c2ccccn2)[C@@H]1c1cccn1-c1ccc(F)c(Cl)c1. The number of pyridine rings is 1. The van der Waals surface area contributed by atoms with Gasteiger partial charge >= 0.3 is 0 Å². The molecular formula is C25H20ClFN4OS. The van der Waals surface area contributed by atoms with Crippen LogP contribution < -0.4 is 15.0 Å². The van der Waals surface area contributed by atoms with Crippen LogP contribution in [-0.2, 0) is 0 Å². The molecule has 4 aromatic rings. The van der Waals surface area contributed by atoms with Crippen molar-refractivity contribution in [3.8, 4) is 11.4 Å². The summed E-state index contributed by atoms with van der Waals surface area (Å²) in [6, 6.07) is 21.7. The van der Waals surface area contributed by atoms with Crippen LogP contribution in [0.25, 0.3) is 5.69 Å². The molecular weight excluding hydrogens is 459 g/mol. The van der Waals surface area contributed by atoms with Gasteiger partial charge < -0.3 is 19.5 Å². The highest BCUT2D eigenvalue weighted by atomic mass is 35.5. The second kappa shape index (κ2) is 8.84. The minimum absolute atomic E-state index is 0.0649. The number of benzene rings is 2. The van der Waals surface area contributed by atoms with Crippen LogP contribution in [-0.4, -0.2) is 21.8 Å². The molecule has 1 fully saturated rings. The lowest BCUT2D eigenvalue weighted by molar-refractivity contribution is 0.414. The maximum Gasteiger partial charge on any atom is 0.174 e. The van der Waals surface area contributed by atoms with E-state index >= 15 is 0 Å². The van der Waals surface area contributed by atoms with Crippen molar-refractivity contribution in [3.05, 3.63) is 107 Å². The molecule has 0 unspecified atom stereocenters. The highest BCUT2D eigenvalue weighted by molar-refractivity contribution is 7.80. The van der Waals surface area contributed by atoms with Crippen molar-refractivity contribution in [1.82, 2.24) is 14.9 Å². The van der Waals surface area contributed by atoms with Gasteiger partial charge in [0.1, 0.15) is 17.6 Å². The largest absolute Gasteiger partial charge is 0.495 e. The summed E-state index contributed by atoms with van der Waals surface area (Å²) in [6.07, 6.45) is 3.69. The summed E-state index contributed by atoms with van der Waals surface area (Å²) in [6.45, 7) is 0. The summed E-state index contributed by atoms with van der Waals surface area (Å²) in [5.41, 5.74) is 3.38. The van der Waals surface area contributed by atoms with Gasteiger partial charge in [-0.05, 0) is 66.8 Å². The van der Waals surface area contributed by atoms with Gasteiger partial charge in [0.25, 0.3) is 0 Å². The molecule has 1 N–H and O–H groups in total. The van der Waals surface area contributed by atoms with Gasteiger partial charge in [0.2, 0.25) is 0 Å². The molecule has 8 heteroatoms. The predicted molar refractivity (Wildman–Crippen MR) is 132 cm³/mol. The van der Waals surface area contributed by atoms with Crippen LogP contribution in [0.2, 0.25) is 5.02 Å². The lowest BCUT2D eigenvalue weighted by Crippen LogP contribution is -2.30. The Kier molecular flexibility index (Phi) is 5.74. The average molecular weight is 479 g/mol. The zero-order valence-corrected chi connectivity index (χ0v) is 19.2. The molecule has 166 valence electrons. The Morgan fingerprint density at radius 3 is 2.64 bits per heavy atom. The molecule has 5 rings (SSSR count). The van der Waals surface area contributed by atoms with Crippen molar-refractivity contribution in [2.75, 3.05) is 12.0 Å². The number of thiocarbonyl (C=S) groups is 1. The van der Waals surface area contributed by atoms with Crippen LogP contribution in [0.4, 0.5) is 10.1 Å². The average Bonchev–Trinajstić information content (AvgIpc) is 3.45. The molecule has 0 radical (unpaired) electrons. The molecule has 2 atom stereocenters. The maximum atomic E-state index is 13.8. The first-order valence-electron chi connectivity index (χ1n) is 10.3. The Labute approximate surface area is 201 Å². The van der Waals surface area contributed by atoms with E-state index in [2.05, 4.69) is 10.3 Å². The lowest BCUT2D eigenvalue weighted by Gasteiger charge is -2.30. The van der Waals surface area contributed by atoms with Crippen molar-refractivity contribution in [1.29, 1.82) is 0 Å². The Morgan fingerprint density at radius 2 is 1.88 bits per heavy atom. The molecule has 33 heavy (non-hydrogen) atoms. The Balaban J connectivity index is 1.69. The third-order valence-corrected chi connectivity index (χ3v) is 6.31. The van der Waals surface area contributed by atoms with Gasteiger partial charge in [-0.3, -0.25) is 4.98 Å². The summed E-state index contributed by atoms with van der Waals surface area (Å²) in [7, 11) is 1.64. The number of hydrogen-bond acceptors (Lipinski definition) is 3. The number of methoxy groups -OCH3 is 1. The summed E-state index contributed by atoms with van der Waals surface area (Å²) >= 11 is 11.9. The highest BCUT2D eigenvalue weighted by Gasteiger charge is 2.43. The minimum atomic E-state index is -0.458. The number of nitrogens with one attached hydrogen (secondary N) is 1. The van der Waals surface area contributed by atoms with Crippen LogP contribution in [0, 0.1) is 5.82 Å². The van der Waals surface area contributed by atoms with E-state index in [1.165, 1.54) is 6.07 Å². The molecule has 2 aromatic carbocycles. The van der Waals surface area contributed by atoms with Crippen LogP contribution >= 0.6 is 23.8 Å². The molecule has 2 aromatic heterocycles. The summed E-state index contributed by atoms with van der Waals surface area (Å²) in [5.74, 6) is 0.246. The van der Waals surface area contributed by atoms with E-state index in [9.17, 15) is 4.39 Å². The number of anilines is 1. The monoisotopic (exact) mass is 478 g/mol. The molecule has 3 heterocycles. The fourth-order valence-electron chi connectivity index (χ4n) is 4.25. The van der Waals surface area contributed by atoms with Gasteiger partial charge in [-0.2, -0.15) is 0 Å². The quantitative estimate of drug-likeness (QED) is 0.364. The Hall–Kier alpha value is -3.42. The molecule has 5 nitrogen and oxygen atoms in total. The lowest BCUT2D eigenvalue weighted by atomic mass is 10.0. The van der Waals surface area contributed by atoms with Crippen molar-refractivity contribution >= 4 is 34.6 Å². The molecule has 0 aliphatic carbocycles. The zero-order valence-electron chi connectivity index (χ0n) is 17.7. The Morgan fingerprint density at radius 1 is 1.06 bits per heavy atom. The molecule has 0 saturated carbocycles. The summed E-state index contributed by atoms with van der Waals surface area (Å²) in [4.78, 5) is 6.64. The van der Waals surface area contributed by atoms with Crippen molar-refractivity contribution in [3.63, 3.8) is 0 Å². The first kappa shape index (κ1) is 21.4. The van der Waals surface area contributed by atoms with Crippen LogP contribution in [0.5, 0.6) is 5.75 Å². The predicted octanol–water partition coefficient (Wildman–Crippen LogP) is 5.85. The molecule has 0 amide bonds. The first-order valence-corrected chi connectivity index (χ1v) is 11.1. The van der Waals surface area contributed by atoms with Crippen molar-refractivity contribution in [2.24, 2.45) is 0 Å². The number of para-hydroxylation sites is 2. The van der Waals surface area contributed by atoms with Crippen LogP contribution in [0.1, 0.15) is 23.5 Å². The normalized spacial score (nSPS) is 17.8. The van der Waals surface area contributed by atoms with Gasteiger partial charge in [0.15, 0.2) is 5.11 Å². The summed E-state index contributed by atoms with van der Waals surface area (Å²) < 4.78 is 21.5. The van der Waals surface area contributed by atoms with Gasteiger partial charge in [-0.15, -0.1) is 0 Å². The zero-order chi connectivity index (χ0) is 22.9. The number of halogens is 2. The number of ether oxygens (including phenoxy) is 1. The van der Waals surface area contributed by atoms with E-state index in [4.69, 9.17) is 28.6 Å². The van der Waals surface area contributed by atoms with Crippen LogP contribution in [0.15, 0.2) is 85.2 Å². The van der Waals surface area contributed by atoms with E-state index in [0.717, 1.165) is 22.8 Å². The van der Waals surface area contributed by atoms with E-state index in [1.54, 1.807) is 25.4 Å². The Bertz CT molecular complexity index is 1310. The molecule has 1 saturated heterocycles. The molecule has 0 spiro atoms. The summed E-state index contributed by atoms with van der Waals surface area (Å²) in [5, 5.41) is 4.07. The van der Waals surface area contributed by atoms with Gasteiger partial charge in [0.05, 0.1) is 29.6 Å². The minimum Gasteiger partial charge on any atom is -0.495 e. The molecule has 1 aliphatic heterocycles. The van der Waals surface area contributed by atoms with E-state index in [-0.39, 0.29) is 17.1 Å². The highest BCUT2D eigenvalue weighted by Crippen LogP contribution is 2.44. The van der Waals surface area contributed by atoms with Crippen molar-refractivity contribution in [2.45, 2.75) is 12.1 Å². The smallest absolute Gasteiger partial charge is 0.174 e.